The third-order valence-corrected chi connectivity index (χ3v) is 4.06. The van der Waals surface area contributed by atoms with Crippen LogP contribution in [0.15, 0.2) is 48.5 Å². The van der Waals surface area contributed by atoms with Crippen LogP contribution in [0.2, 0.25) is 5.02 Å². The first-order valence-corrected chi connectivity index (χ1v) is 7.32. The molecule has 0 unspecified atom stereocenters. The highest BCUT2D eigenvalue weighted by Crippen LogP contribution is 2.31. The molecule has 0 aromatic heterocycles. The summed E-state index contributed by atoms with van der Waals surface area (Å²) in [6.07, 6.45) is 2.48. The highest BCUT2D eigenvalue weighted by molar-refractivity contribution is 6.31. The van der Waals surface area contributed by atoms with E-state index in [0.717, 1.165) is 29.2 Å². The first-order valence-electron chi connectivity index (χ1n) is 6.94. The molecule has 20 heavy (non-hydrogen) atoms. The highest BCUT2D eigenvalue weighted by Gasteiger charge is 2.29. The fraction of sp³-hybridized carbons (Fsp3) is 0.294. The van der Waals surface area contributed by atoms with Crippen molar-refractivity contribution in [2.24, 2.45) is 0 Å². The molecule has 0 aliphatic heterocycles. The first kappa shape index (κ1) is 13.6. The summed E-state index contributed by atoms with van der Waals surface area (Å²) in [7, 11) is 0. The zero-order valence-corrected chi connectivity index (χ0v) is 12.0. The lowest BCUT2D eigenvalue weighted by molar-refractivity contribution is 0.246. The van der Waals surface area contributed by atoms with Crippen molar-refractivity contribution in [1.82, 2.24) is 4.90 Å². The molecule has 0 atom stereocenters. The van der Waals surface area contributed by atoms with Gasteiger partial charge in [0.2, 0.25) is 0 Å². The summed E-state index contributed by atoms with van der Waals surface area (Å²) in [6.45, 7) is 1.69. The van der Waals surface area contributed by atoms with E-state index >= 15 is 0 Å². The topological polar surface area (TPSA) is 3.24 Å². The molecule has 0 amide bonds. The van der Waals surface area contributed by atoms with Gasteiger partial charge >= 0.3 is 0 Å². The third kappa shape index (κ3) is 3.38. The molecule has 0 bridgehead atoms. The average molecular weight is 290 g/mol. The summed E-state index contributed by atoms with van der Waals surface area (Å²) in [5.74, 6) is -0.183. The van der Waals surface area contributed by atoms with Crippen molar-refractivity contribution in [3.8, 4) is 0 Å². The predicted octanol–water partition coefficient (Wildman–Crippen LogP) is 4.64. The lowest BCUT2D eigenvalue weighted by atomic mass is 10.1. The Balaban J connectivity index is 1.73. The zero-order valence-electron chi connectivity index (χ0n) is 11.2. The number of benzene rings is 2. The molecule has 1 fully saturated rings. The van der Waals surface area contributed by atoms with E-state index < -0.39 is 0 Å². The van der Waals surface area contributed by atoms with Crippen molar-refractivity contribution in [2.45, 2.75) is 32.0 Å². The van der Waals surface area contributed by atoms with Crippen LogP contribution in [0.3, 0.4) is 0 Å². The van der Waals surface area contributed by atoms with E-state index in [1.807, 2.05) is 30.3 Å². The van der Waals surface area contributed by atoms with Crippen LogP contribution in [-0.4, -0.2) is 10.9 Å². The summed E-state index contributed by atoms with van der Waals surface area (Å²) in [6, 6.07) is 15.4. The smallest absolute Gasteiger partial charge is 0.123 e. The van der Waals surface area contributed by atoms with Gasteiger partial charge in [0.25, 0.3) is 0 Å². The van der Waals surface area contributed by atoms with Crippen LogP contribution in [0.5, 0.6) is 0 Å². The molecular formula is C17H17ClFN. The van der Waals surface area contributed by atoms with Crippen LogP contribution in [0, 0.1) is 5.82 Å². The Kier molecular flexibility index (Phi) is 4.04. The van der Waals surface area contributed by atoms with E-state index in [0.29, 0.717) is 6.04 Å². The van der Waals surface area contributed by atoms with E-state index in [2.05, 4.69) is 11.0 Å². The summed E-state index contributed by atoms with van der Waals surface area (Å²) < 4.78 is 13.0. The zero-order chi connectivity index (χ0) is 13.9. The predicted molar refractivity (Wildman–Crippen MR) is 80.1 cm³/mol. The standard InChI is InChI=1S/C17H17ClFN/c18-17-4-2-1-3-14(17)12-20(16-9-10-16)11-13-5-7-15(19)8-6-13/h1-8,16H,9-12H2. The summed E-state index contributed by atoms with van der Waals surface area (Å²) in [5.41, 5.74) is 2.30. The molecule has 2 aromatic carbocycles. The maximum atomic E-state index is 13.0. The molecule has 0 heterocycles. The largest absolute Gasteiger partial charge is 0.292 e. The lowest BCUT2D eigenvalue weighted by Crippen LogP contribution is -2.25. The lowest BCUT2D eigenvalue weighted by Gasteiger charge is -2.22. The van der Waals surface area contributed by atoms with E-state index in [-0.39, 0.29) is 5.82 Å². The molecular weight excluding hydrogens is 273 g/mol. The normalized spacial score (nSPS) is 14.8. The quantitative estimate of drug-likeness (QED) is 0.775. The van der Waals surface area contributed by atoms with E-state index in [9.17, 15) is 4.39 Å². The van der Waals surface area contributed by atoms with Gasteiger partial charge in [-0.25, -0.2) is 4.39 Å². The fourth-order valence-electron chi connectivity index (χ4n) is 2.42. The Morgan fingerprint density at radius 3 is 2.35 bits per heavy atom. The Morgan fingerprint density at radius 1 is 1.00 bits per heavy atom. The molecule has 1 aliphatic rings. The van der Waals surface area contributed by atoms with Gasteiger partial charge in [-0.2, -0.15) is 0 Å². The Labute approximate surface area is 124 Å². The van der Waals surface area contributed by atoms with Crippen molar-refractivity contribution in [3.63, 3.8) is 0 Å². The molecule has 2 aromatic rings. The fourth-order valence-corrected chi connectivity index (χ4v) is 2.62. The minimum absolute atomic E-state index is 0.183. The van der Waals surface area contributed by atoms with Gasteiger partial charge in [-0.05, 0) is 42.2 Å². The second-order valence-corrected chi connectivity index (χ2v) is 5.76. The second-order valence-electron chi connectivity index (χ2n) is 5.35. The van der Waals surface area contributed by atoms with Crippen molar-refractivity contribution >= 4 is 11.6 Å². The Bertz CT molecular complexity index is 578. The van der Waals surface area contributed by atoms with Gasteiger partial charge in [0, 0.05) is 24.2 Å². The SMILES string of the molecule is Fc1ccc(CN(Cc2ccccc2Cl)C2CC2)cc1. The van der Waals surface area contributed by atoms with Crippen molar-refractivity contribution in [3.05, 3.63) is 70.5 Å². The van der Waals surface area contributed by atoms with E-state index in [4.69, 9.17) is 11.6 Å². The molecule has 1 nitrogen and oxygen atoms in total. The highest BCUT2D eigenvalue weighted by atomic mass is 35.5. The molecule has 1 saturated carbocycles. The molecule has 3 heteroatoms. The second kappa shape index (κ2) is 5.94. The van der Waals surface area contributed by atoms with Crippen LogP contribution in [0.4, 0.5) is 4.39 Å². The van der Waals surface area contributed by atoms with E-state index in [1.165, 1.54) is 25.0 Å². The van der Waals surface area contributed by atoms with Crippen LogP contribution < -0.4 is 0 Å². The summed E-state index contributed by atoms with van der Waals surface area (Å²) in [4.78, 5) is 2.43. The molecule has 0 N–H and O–H groups in total. The number of halogens is 2. The molecule has 3 rings (SSSR count). The van der Waals surface area contributed by atoms with Gasteiger partial charge < -0.3 is 0 Å². The van der Waals surface area contributed by atoms with Gasteiger partial charge in [-0.1, -0.05) is 41.9 Å². The van der Waals surface area contributed by atoms with Gasteiger partial charge in [0.1, 0.15) is 5.82 Å². The Morgan fingerprint density at radius 2 is 1.70 bits per heavy atom. The maximum Gasteiger partial charge on any atom is 0.123 e. The molecule has 0 radical (unpaired) electrons. The number of hydrogen-bond acceptors (Lipinski definition) is 1. The monoisotopic (exact) mass is 289 g/mol. The number of hydrogen-bond donors (Lipinski definition) is 0. The van der Waals surface area contributed by atoms with Gasteiger partial charge in [0.05, 0.1) is 0 Å². The van der Waals surface area contributed by atoms with Crippen LogP contribution in [0.1, 0.15) is 24.0 Å². The average Bonchev–Trinajstić information content (AvgIpc) is 3.27. The molecule has 0 saturated heterocycles. The van der Waals surface area contributed by atoms with Gasteiger partial charge in [-0.15, -0.1) is 0 Å². The first-order chi connectivity index (χ1) is 9.72. The van der Waals surface area contributed by atoms with Crippen molar-refractivity contribution in [2.75, 3.05) is 0 Å². The van der Waals surface area contributed by atoms with E-state index in [1.54, 1.807) is 0 Å². The minimum atomic E-state index is -0.183. The molecule has 104 valence electrons. The van der Waals surface area contributed by atoms with Gasteiger partial charge in [-0.3, -0.25) is 4.90 Å². The summed E-state index contributed by atoms with van der Waals surface area (Å²) >= 11 is 6.24. The number of nitrogens with zero attached hydrogens (tertiary/aromatic N) is 1. The summed E-state index contributed by atoms with van der Waals surface area (Å²) in [5, 5.41) is 0.817. The maximum absolute atomic E-state index is 13.0. The van der Waals surface area contributed by atoms with Crippen LogP contribution in [0.25, 0.3) is 0 Å². The van der Waals surface area contributed by atoms with Crippen LogP contribution in [-0.2, 0) is 13.1 Å². The third-order valence-electron chi connectivity index (χ3n) is 3.69. The van der Waals surface area contributed by atoms with Crippen molar-refractivity contribution in [1.29, 1.82) is 0 Å². The minimum Gasteiger partial charge on any atom is -0.292 e. The van der Waals surface area contributed by atoms with Gasteiger partial charge in [0.15, 0.2) is 0 Å². The molecule has 1 aliphatic carbocycles. The Hall–Kier alpha value is -1.38. The molecule has 0 spiro atoms. The van der Waals surface area contributed by atoms with Crippen LogP contribution >= 0.6 is 11.6 Å². The number of rotatable bonds is 5. The van der Waals surface area contributed by atoms with Crippen molar-refractivity contribution < 1.29 is 4.39 Å².